The number of aliphatic hydroxyl groups excluding tert-OH is 1. The van der Waals surface area contributed by atoms with E-state index in [1.54, 1.807) is 6.07 Å². The largest absolute Gasteiger partial charge is 0.396 e. The molecule has 0 spiro atoms. The number of aliphatic hydroxyl groups is 1. The maximum absolute atomic E-state index is 12.4. The molecule has 164 valence electrons. The average Bonchev–Trinajstić information content (AvgIpc) is 2.79. The second-order valence-corrected chi connectivity index (χ2v) is 8.94. The van der Waals surface area contributed by atoms with E-state index in [0.717, 1.165) is 54.8 Å². The highest BCUT2D eigenvalue weighted by Gasteiger charge is 2.19. The molecule has 0 saturated carbocycles. The van der Waals surface area contributed by atoms with Gasteiger partial charge in [0.1, 0.15) is 5.82 Å². The zero-order valence-corrected chi connectivity index (χ0v) is 18.4. The van der Waals surface area contributed by atoms with Gasteiger partial charge in [-0.15, -0.1) is 0 Å². The zero-order valence-electron chi connectivity index (χ0n) is 18.4. The number of hydrogen-bond donors (Lipinski definition) is 2. The van der Waals surface area contributed by atoms with Crippen LogP contribution in [0.1, 0.15) is 33.1 Å². The first-order valence-corrected chi connectivity index (χ1v) is 11.3. The molecule has 1 aromatic carbocycles. The molecule has 1 atom stereocenters. The van der Waals surface area contributed by atoms with Crippen LogP contribution in [0.3, 0.4) is 0 Å². The van der Waals surface area contributed by atoms with Gasteiger partial charge in [-0.05, 0) is 61.4 Å². The number of hydrogen-bond acceptors (Lipinski definition) is 5. The quantitative estimate of drug-likeness (QED) is 0.593. The lowest BCUT2D eigenvalue weighted by atomic mass is 9.98. The molecule has 1 fully saturated rings. The second-order valence-electron chi connectivity index (χ2n) is 8.94. The van der Waals surface area contributed by atoms with Crippen LogP contribution < -0.4 is 15.8 Å². The monoisotopic (exact) mass is 420 g/mol. The van der Waals surface area contributed by atoms with Gasteiger partial charge in [0.25, 0.3) is 5.56 Å². The molecule has 2 N–H and O–H groups in total. The Labute approximate surface area is 183 Å². The van der Waals surface area contributed by atoms with Crippen molar-refractivity contribution < 1.29 is 5.11 Å². The van der Waals surface area contributed by atoms with Gasteiger partial charge in [0, 0.05) is 61.3 Å². The minimum atomic E-state index is 0.0253. The Morgan fingerprint density at radius 1 is 1.19 bits per heavy atom. The molecular weight excluding hydrogens is 388 g/mol. The maximum atomic E-state index is 12.4. The van der Waals surface area contributed by atoms with E-state index in [0.29, 0.717) is 18.4 Å². The van der Waals surface area contributed by atoms with Gasteiger partial charge in [-0.1, -0.05) is 13.8 Å². The molecule has 0 aliphatic carbocycles. The normalized spacial score (nSPS) is 16.8. The van der Waals surface area contributed by atoms with Crippen molar-refractivity contribution >= 4 is 28.1 Å². The van der Waals surface area contributed by atoms with Gasteiger partial charge in [0.05, 0.1) is 5.52 Å². The van der Waals surface area contributed by atoms with Crippen molar-refractivity contribution in [1.82, 2.24) is 9.55 Å². The molecule has 2 aromatic heterocycles. The Balaban J connectivity index is 1.53. The van der Waals surface area contributed by atoms with Crippen LogP contribution >= 0.6 is 0 Å². The first kappa shape index (κ1) is 21.4. The van der Waals surface area contributed by atoms with Gasteiger partial charge in [0.15, 0.2) is 0 Å². The fraction of sp³-hybridized carbons (Fsp3) is 0.440. The summed E-state index contributed by atoms with van der Waals surface area (Å²) in [6.07, 6.45) is 4.99. The molecule has 6 heteroatoms. The van der Waals surface area contributed by atoms with Crippen molar-refractivity contribution in [2.24, 2.45) is 11.8 Å². The van der Waals surface area contributed by atoms with E-state index < -0.39 is 0 Å². The van der Waals surface area contributed by atoms with E-state index in [1.165, 1.54) is 5.69 Å². The minimum Gasteiger partial charge on any atom is -0.396 e. The highest BCUT2D eigenvalue weighted by Crippen LogP contribution is 2.26. The molecule has 6 nitrogen and oxygen atoms in total. The van der Waals surface area contributed by atoms with Crippen LogP contribution in [0.15, 0.2) is 53.5 Å². The number of anilines is 3. The molecule has 1 unspecified atom stereocenters. The summed E-state index contributed by atoms with van der Waals surface area (Å²) in [5.41, 5.74) is 3.07. The van der Waals surface area contributed by atoms with Crippen LogP contribution in [0.2, 0.25) is 0 Å². The van der Waals surface area contributed by atoms with Gasteiger partial charge in [-0.2, -0.15) is 0 Å². The van der Waals surface area contributed by atoms with E-state index in [9.17, 15) is 9.90 Å². The third kappa shape index (κ3) is 5.07. The zero-order chi connectivity index (χ0) is 21.8. The van der Waals surface area contributed by atoms with Crippen molar-refractivity contribution in [3.05, 3.63) is 59.0 Å². The van der Waals surface area contributed by atoms with E-state index >= 15 is 0 Å². The van der Waals surface area contributed by atoms with Crippen LogP contribution in [0.25, 0.3) is 10.9 Å². The van der Waals surface area contributed by atoms with Crippen LogP contribution in [-0.2, 0) is 6.54 Å². The van der Waals surface area contributed by atoms with Crippen LogP contribution in [0, 0.1) is 11.8 Å². The number of nitrogens with one attached hydrogen (secondary N) is 1. The molecular formula is C25H32N4O2. The molecule has 0 amide bonds. The Hall–Kier alpha value is -2.86. The number of nitrogens with zero attached hydrogens (tertiary/aromatic N) is 3. The molecule has 1 aliphatic heterocycles. The lowest BCUT2D eigenvalue weighted by Crippen LogP contribution is -2.36. The molecule has 3 aromatic rings. The van der Waals surface area contributed by atoms with Crippen molar-refractivity contribution in [3.8, 4) is 0 Å². The SMILES string of the molecule is CC(C)CCn1c(=O)ccc2cnc(Nc3ccc(N4CCCC(CO)C4)cc3)cc21. The fourth-order valence-electron chi connectivity index (χ4n) is 4.23. The molecule has 0 radical (unpaired) electrons. The van der Waals surface area contributed by atoms with E-state index in [-0.39, 0.29) is 12.2 Å². The first-order valence-electron chi connectivity index (χ1n) is 11.3. The Morgan fingerprint density at radius 2 is 2.00 bits per heavy atom. The van der Waals surface area contributed by atoms with Crippen molar-refractivity contribution in [2.75, 3.05) is 29.9 Å². The number of benzene rings is 1. The predicted molar refractivity (Wildman–Crippen MR) is 127 cm³/mol. The average molecular weight is 421 g/mol. The number of rotatable bonds is 7. The summed E-state index contributed by atoms with van der Waals surface area (Å²) >= 11 is 0. The predicted octanol–water partition coefficient (Wildman–Crippen LogP) is 4.39. The third-order valence-corrected chi connectivity index (χ3v) is 6.09. The van der Waals surface area contributed by atoms with Gasteiger partial charge in [-0.25, -0.2) is 4.98 Å². The summed E-state index contributed by atoms with van der Waals surface area (Å²) in [6.45, 7) is 7.24. The van der Waals surface area contributed by atoms with Crippen molar-refractivity contribution in [2.45, 2.75) is 39.7 Å². The summed E-state index contributed by atoms with van der Waals surface area (Å²) in [4.78, 5) is 19.3. The van der Waals surface area contributed by atoms with Crippen molar-refractivity contribution in [1.29, 1.82) is 0 Å². The first-order chi connectivity index (χ1) is 15.0. The highest BCUT2D eigenvalue weighted by molar-refractivity contribution is 5.81. The number of aryl methyl sites for hydroxylation is 1. The lowest BCUT2D eigenvalue weighted by molar-refractivity contribution is 0.209. The third-order valence-electron chi connectivity index (χ3n) is 6.09. The summed E-state index contributed by atoms with van der Waals surface area (Å²) < 4.78 is 1.85. The molecule has 0 bridgehead atoms. The van der Waals surface area contributed by atoms with Gasteiger partial charge < -0.3 is 19.9 Å². The number of fused-ring (bicyclic) bond motifs is 1. The van der Waals surface area contributed by atoms with E-state index in [2.05, 4.69) is 53.3 Å². The lowest BCUT2D eigenvalue weighted by Gasteiger charge is -2.33. The van der Waals surface area contributed by atoms with Gasteiger partial charge in [-0.3, -0.25) is 4.79 Å². The summed E-state index contributed by atoms with van der Waals surface area (Å²) in [7, 11) is 0. The maximum Gasteiger partial charge on any atom is 0.251 e. The summed E-state index contributed by atoms with van der Waals surface area (Å²) in [5, 5.41) is 13.8. The Kier molecular flexibility index (Phi) is 6.56. The second kappa shape index (κ2) is 9.52. The van der Waals surface area contributed by atoms with Gasteiger partial charge in [0.2, 0.25) is 0 Å². The summed E-state index contributed by atoms with van der Waals surface area (Å²) in [6, 6.07) is 13.8. The van der Waals surface area contributed by atoms with Crippen LogP contribution in [0.4, 0.5) is 17.2 Å². The van der Waals surface area contributed by atoms with Crippen LogP contribution in [-0.4, -0.2) is 34.4 Å². The Morgan fingerprint density at radius 3 is 2.74 bits per heavy atom. The fourth-order valence-corrected chi connectivity index (χ4v) is 4.23. The molecule has 1 saturated heterocycles. The molecule has 31 heavy (non-hydrogen) atoms. The molecule has 3 heterocycles. The van der Waals surface area contributed by atoms with Crippen molar-refractivity contribution in [3.63, 3.8) is 0 Å². The number of aromatic nitrogens is 2. The van der Waals surface area contributed by atoms with Gasteiger partial charge >= 0.3 is 0 Å². The number of piperidine rings is 1. The van der Waals surface area contributed by atoms with Crippen LogP contribution in [0.5, 0.6) is 0 Å². The highest BCUT2D eigenvalue weighted by atomic mass is 16.3. The van der Waals surface area contributed by atoms with E-state index in [4.69, 9.17) is 0 Å². The molecule has 1 aliphatic rings. The standard InChI is InChI=1S/C25H32N4O2/c1-18(2)11-13-29-23-14-24(26-15-20(23)5-10-25(29)31)27-21-6-8-22(9-7-21)28-12-3-4-19(16-28)17-30/h5-10,14-15,18-19,30H,3-4,11-13,16-17H2,1-2H3,(H,26,27). The Bertz CT molecular complexity index is 1080. The minimum absolute atomic E-state index is 0.0253. The number of pyridine rings is 2. The summed E-state index contributed by atoms with van der Waals surface area (Å²) in [5.74, 6) is 1.62. The topological polar surface area (TPSA) is 70.4 Å². The van der Waals surface area contributed by atoms with E-state index in [1.807, 2.05) is 22.9 Å². The smallest absolute Gasteiger partial charge is 0.251 e. The molecule has 4 rings (SSSR count).